The van der Waals surface area contributed by atoms with Gasteiger partial charge in [0.05, 0.1) is 0 Å². The molecule has 3 heterocycles. The molecule has 0 bridgehead atoms. The van der Waals surface area contributed by atoms with Crippen LogP contribution in [0, 0.1) is 19.8 Å². The molecule has 0 saturated carbocycles. The number of nitrogens with one attached hydrogen (secondary N) is 1. The van der Waals surface area contributed by atoms with Crippen molar-refractivity contribution in [1.82, 2.24) is 25.1 Å². The summed E-state index contributed by atoms with van der Waals surface area (Å²) in [6.45, 7) is 8.72. The molecule has 1 N–H and O–H groups in total. The van der Waals surface area contributed by atoms with Crippen LogP contribution in [0.5, 0.6) is 0 Å². The van der Waals surface area contributed by atoms with Crippen molar-refractivity contribution >= 4 is 11.8 Å². The summed E-state index contributed by atoms with van der Waals surface area (Å²) in [5, 5.41) is 3.27. The van der Waals surface area contributed by atoms with E-state index in [1.54, 1.807) is 0 Å². The number of carbonyl (C=O) groups is 1. The Labute approximate surface area is 169 Å². The number of aromatic nitrogens is 2. The van der Waals surface area contributed by atoms with Crippen molar-refractivity contribution in [2.45, 2.75) is 52.0 Å². The van der Waals surface area contributed by atoms with E-state index in [-0.39, 0.29) is 12.1 Å². The maximum absolute atomic E-state index is 12.7. The number of likely N-dealkylation sites (tertiary alicyclic amines) is 1. The first-order valence-corrected chi connectivity index (χ1v) is 10.7. The number of nitrogens with zero attached hydrogens (tertiary/aromatic N) is 5. The minimum atomic E-state index is 0.123. The van der Waals surface area contributed by atoms with Crippen LogP contribution in [-0.2, 0) is 0 Å². The molecule has 28 heavy (non-hydrogen) atoms. The van der Waals surface area contributed by atoms with E-state index < -0.39 is 0 Å². The summed E-state index contributed by atoms with van der Waals surface area (Å²) in [4.78, 5) is 28.1. The highest BCUT2D eigenvalue weighted by molar-refractivity contribution is 5.74. The Hall–Kier alpha value is -1.89. The normalized spacial score (nSPS) is 19.3. The van der Waals surface area contributed by atoms with Gasteiger partial charge >= 0.3 is 6.03 Å². The molecule has 3 rings (SSSR count). The molecular formula is C21H36N6O. The van der Waals surface area contributed by atoms with Gasteiger partial charge < -0.3 is 20.0 Å². The van der Waals surface area contributed by atoms with Gasteiger partial charge in [0.15, 0.2) is 0 Å². The van der Waals surface area contributed by atoms with Crippen LogP contribution >= 0.6 is 0 Å². The van der Waals surface area contributed by atoms with E-state index in [1.807, 2.05) is 24.8 Å². The Balaban J connectivity index is 1.40. The third-order valence-electron chi connectivity index (χ3n) is 5.99. The van der Waals surface area contributed by atoms with Gasteiger partial charge in [-0.2, -0.15) is 0 Å². The lowest BCUT2D eigenvalue weighted by Gasteiger charge is -2.36. The van der Waals surface area contributed by atoms with Crippen LogP contribution in [0.25, 0.3) is 0 Å². The molecule has 1 aromatic rings. The minimum absolute atomic E-state index is 0.123. The number of anilines is 1. The van der Waals surface area contributed by atoms with Crippen LogP contribution < -0.4 is 10.2 Å². The third kappa shape index (κ3) is 5.80. The Kier molecular flexibility index (Phi) is 7.10. The van der Waals surface area contributed by atoms with Crippen molar-refractivity contribution < 1.29 is 4.79 Å². The highest BCUT2D eigenvalue weighted by Crippen LogP contribution is 2.22. The summed E-state index contributed by atoms with van der Waals surface area (Å²) in [5.41, 5.74) is 1.01. The van der Waals surface area contributed by atoms with Crippen LogP contribution in [0.1, 0.15) is 43.6 Å². The molecule has 0 spiro atoms. The lowest BCUT2D eigenvalue weighted by molar-refractivity contribution is 0.160. The van der Waals surface area contributed by atoms with E-state index in [9.17, 15) is 4.79 Å². The summed E-state index contributed by atoms with van der Waals surface area (Å²) in [6, 6.07) is 2.43. The number of carbonyl (C=O) groups excluding carboxylic acids is 1. The summed E-state index contributed by atoms with van der Waals surface area (Å²) in [5.74, 6) is 2.59. The smallest absolute Gasteiger partial charge is 0.317 e. The minimum Gasteiger partial charge on any atom is -0.356 e. The molecular weight excluding hydrogens is 352 g/mol. The molecule has 156 valence electrons. The number of urea groups is 1. The third-order valence-corrected chi connectivity index (χ3v) is 5.99. The summed E-state index contributed by atoms with van der Waals surface area (Å²) in [7, 11) is 4.25. The van der Waals surface area contributed by atoms with Crippen LogP contribution in [0.3, 0.4) is 0 Å². The first-order valence-electron chi connectivity index (χ1n) is 10.7. The lowest BCUT2D eigenvalue weighted by Crippen LogP contribution is -2.51. The molecule has 2 amide bonds. The summed E-state index contributed by atoms with van der Waals surface area (Å²) >= 11 is 0. The van der Waals surface area contributed by atoms with E-state index in [1.165, 1.54) is 6.42 Å². The Morgan fingerprint density at radius 1 is 1.11 bits per heavy atom. The second-order valence-corrected chi connectivity index (χ2v) is 8.65. The van der Waals surface area contributed by atoms with Crippen LogP contribution in [0.2, 0.25) is 0 Å². The molecule has 0 radical (unpaired) electrons. The predicted octanol–water partition coefficient (Wildman–Crippen LogP) is 2.44. The van der Waals surface area contributed by atoms with Crippen molar-refractivity contribution in [3.8, 4) is 0 Å². The molecule has 0 atom stereocenters. The fraction of sp³-hybridized carbons (Fsp3) is 0.762. The average molecular weight is 389 g/mol. The quantitative estimate of drug-likeness (QED) is 0.839. The van der Waals surface area contributed by atoms with Gasteiger partial charge in [0.2, 0.25) is 0 Å². The van der Waals surface area contributed by atoms with Gasteiger partial charge in [-0.05, 0) is 72.5 Å². The van der Waals surface area contributed by atoms with Gasteiger partial charge in [-0.3, -0.25) is 0 Å². The fourth-order valence-electron chi connectivity index (χ4n) is 4.24. The molecule has 0 aliphatic carbocycles. The Morgan fingerprint density at radius 3 is 2.39 bits per heavy atom. The molecule has 1 aromatic heterocycles. The van der Waals surface area contributed by atoms with Gasteiger partial charge in [-0.25, -0.2) is 14.8 Å². The first-order chi connectivity index (χ1) is 13.4. The standard InChI is InChI=1S/C21H36N6O/c1-16-15-20(23-17(2)22-16)26-13-8-19(9-14-26)24-21(28)27-11-6-18(7-12-27)5-10-25(3)4/h15,18-19H,5-14H2,1-4H3,(H,24,28). The van der Waals surface area contributed by atoms with Gasteiger partial charge in [0.25, 0.3) is 0 Å². The predicted molar refractivity (Wildman–Crippen MR) is 113 cm³/mol. The van der Waals surface area contributed by atoms with E-state index in [4.69, 9.17) is 0 Å². The zero-order valence-electron chi connectivity index (χ0n) is 17.9. The maximum Gasteiger partial charge on any atom is 0.317 e. The Morgan fingerprint density at radius 2 is 1.79 bits per heavy atom. The van der Waals surface area contributed by atoms with Crippen molar-refractivity contribution in [3.05, 3.63) is 17.6 Å². The molecule has 7 nitrogen and oxygen atoms in total. The largest absolute Gasteiger partial charge is 0.356 e. The second kappa shape index (κ2) is 9.54. The Bertz CT molecular complexity index is 628. The van der Waals surface area contributed by atoms with Crippen molar-refractivity contribution in [2.24, 2.45) is 5.92 Å². The van der Waals surface area contributed by atoms with Gasteiger partial charge in [-0.1, -0.05) is 0 Å². The van der Waals surface area contributed by atoms with Crippen molar-refractivity contribution in [3.63, 3.8) is 0 Å². The maximum atomic E-state index is 12.7. The average Bonchev–Trinajstić information content (AvgIpc) is 2.66. The zero-order valence-corrected chi connectivity index (χ0v) is 17.9. The van der Waals surface area contributed by atoms with Crippen LogP contribution in [0.4, 0.5) is 10.6 Å². The number of amides is 2. The molecule has 2 fully saturated rings. The number of hydrogen-bond acceptors (Lipinski definition) is 5. The van der Waals surface area contributed by atoms with Gasteiger partial charge in [0, 0.05) is 44.0 Å². The van der Waals surface area contributed by atoms with Crippen LogP contribution in [0.15, 0.2) is 6.07 Å². The number of piperidine rings is 2. The molecule has 2 aliphatic rings. The first kappa shape index (κ1) is 20.8. The summed E-state index contributed by atoms with van der Waals surface area (Å²) < 4.78 is 0. The van der Waals surface area contributed by atoms with Crippen molar-refractivity contribution in [1.29, 1.82) is 0 Å². The van der Waals surface area contributed by atoms with E-state index in [2.05, 4.69) is 39.2 Å². The molecule has 0 unspecified atom stereocenters. The van der Waals surface area contributed by atoms with Crippen molar-refractivity contribution in [2.75, 3.05) is 51.7 Å². The highest BCUT2D eigenvalue weighted by Gasteiger charge is 2.26. The van der Waals surface area contributed by atoms with E-state index >= 15 is 0 Å². The fourth-order valence-corrected chi connectivity index (χ4v) is 4.24. The zero-order chi connectivity index (χ0) is 20.1. The van der Waals surface area contributed by atoms with Gasteiger partial charge in [0.1, 0.15) is 11.6 Å². The molecule has 2 saturated heterocycles. The summed E-state index contributed by atoms with van der Waals surface area (Å²) in [6.07, 6.45) is 5.43. The monoisotopic (exact) mass is 388 g/mol. The van der Waals surface area contributed by atoms with E-state index in [0.29, 0.717) is 0 Å². The lowest BCUT2D eigenvalue weighted by atomic mass is 9.93. The number of aryl methyl sites for hydroxylation is 2. The van der Waals surface area contributed by atoms with Crippen LogP contribution in [-0.4, -0.2) is 78.7 Å². The topological polar surface area (TPSA) is 64.6 Å². The number of rotatable bonds is 5. The SMILES string of the molecule is Cc1cc(N2CCC(NC(=O)N3CCC(CCN(C)C)CC3)CC2)nc(C)n1. The molecule has 7 heteroatoms. The second-order valence-electron chi connectivity index (χ2n) is 8.65. The van der Waals surface area contributed by atoms with Gasteiger partial charge in [-0.15, -0.1) is 0 Å². The molecule has 2 aliphatic heterocycles. The number of hydrogen-bond donors (Lipinski definition) is 1. The van der Waals surface area contributed by atoms with E-state index in [0.717, 1.165) is 81.7 Å². The molecule has 0 aromatic carbocycles. The highest BCUT2D eigenvalue weighted by atomic mass is 16.2.